The SMILES string of the molecule is Cc1cccc(C(NC(=O)c2c(F)ccc(OCc3nc4cc(Cl)ccc4s3)c2F)N2CCOCC2)c1. The first-order chi connectivity index (χ1) is 17.9. The number of carbonyl (C=O) groups is 1. The largest absolute Gasteiger partial charge is 0.483 e. The van der Waals surface area contributed by atoms with Crippen LogP contribution in [0, 0.1) is 18.6 Å². The molecule has 1 aliphatic rings. The summed E-state index contributed by atoms with van der Waals surface area (Å²) < 4.78 is 42.1. The van der Waals surface area contributed by atoms with E-state index >= 15 is 4.39 Å². The summed E-state index contributed by atoms with van der Waals surface area (Å²) in [6.07, 6.45) is -0.575. The molecule has 1 atom stereocenters. The van der Waals surface area contributed by atoms with Crippen LogP contribution in [0.2, 0.25) is 5.02 Å². The maximum atomic E-state index is 15.4. The zero-order valence-electron chi connectivity index (χ0n) is 20.0. The minimum atomic E-state index is -1.06. The summed E-state index contributed by atoms with van der Waals surface area (Å²) in [7, 11) is 0. The van der Waals surface area contributed by atoms with Gasteiger partial charge in [0.05, 0.1) is 23.4 Å². The molecule has 1 amide bonds. The summed E-state index contributed by atoms with van der Waals surface area (Å²) in [6, 6.07) is 15.2. The van der Waals surface area contributed by atoms with Crippen LogP contribution in [-0.2, 0) is 11.3 Å². The quantitative estimate of drug-likeness (QED) is 0.315. The molecule has 1 fully saturated rings. The number of hydrogen-bond donors (Lipinski definition) is 1. The van der Waals surface area contributed by atoms with Crippen LogP contribution in [0.15, 0.2) is 54.6 Å². The molecule has 1 saturated heterocycles. The number of morpholine rings is 1. The van der Waals surface area contributed by atoms with E-state index in [9.17, 15) is 9.18 Å². The first-order valence-corrected chi connectivity index (χ1v) is 12.9. The molecule has 2 heterocycles. The number of ether oxygens (including phenoxy) is 2. The topological polar surface area (TPSA) is 63.7 Å². The van der Waals surface area contributed by atoms with Gasteiger partial charge in [0.15, 0.2) is 11.6 Å². The van der Waals surface area contributed by atoms with Crippen LogP contribution in [0.4, 0.5) is 8.78 Å². The van der Waals surface area contributed by atoms with Crippen LogP contribution in [0.25, 0.3) is 10.2 Å². The Kier molecular flexibility index (Phi) is 7.66. The van der Waals surface area contributed by atoms with Gasteiger partial charge in [-0.15, -0.1) is 11.3 Å². The van der Waals surface area contributed by atoms with Crippen molar-refractivity contribution in [3.05, 3.63) is 93.0 Å². The number of aryl methyl sites for hydroxylation is 1. The predicted octanol–water partition coefficient (Wildman–Crippen LogP) is 5.88. The molecule has 1 N–H and O–H groups in total. The van der Waals surface area contributed by atoms with Crippen molar-refractivity contribution in [3.63, 3.8) is 0 Å². The Morgan fingerprint density at radius 1 is 1.19 bits per heavy atom. The van der Waals surface area contributed by atoms with Crippen molar-refractivity contribution in [2.75, 3.05) is 26.3 Å². The number of halogens is 3. The van der Waals surface area contributed by atoms with Gasteiger partial charge < -0.3 is 14.8 Å². The van der Waals surface area contributed by atoms with Crippen molar-refractivity contribution in [3.8, 4) is 5.75 Å². The summed E-state index contributed by atoms with van der Waals surface area (Å²) in [5, 5.41) is 3.98. The maximum absolute atomic E-state index is 15.4. The molecule has 37 heavy (non-hydrogen) atoms. The lowest BCUT2D eigenvalue weighted by atomic mass is 10.1. The highest BCUT2D eigenvalue weighted by Gasteiger charge is 2.28. The molecule has 3 aromatic carbocycles. The zero-order chi connectivity index (χ0) is 25.9. The monoisotopic (exact) mass is 543 g/mol. The Morgan fingerprint density at radius 2 is 2.00 bits per heavy atom. The van der Waals surface area contributed by atoms with E-state index in [0.29, 0.717) is 41.9 Å². The maximum Gasteiger partial charge on any atom is 0.258 e. The Morgan fingerprint density at radius 3 is 2.78 bits per heavy atom. The van der Waals surface area contributed by atoms with Crippen molar-refractivity contribution in [2.45, 2.75) is 19.7 Å². The minimum absolute atomic E-state index is 0.0414. The third-order valence-corrected chi connectivity index (χ3v) is 7.31. The second-order valence-electron chi connectivity index (χ2n) is 8.68. The van der Waals surface area contributed by atoms with Gasteiger partial charge in [-0.3, -0.25) is 9.69 Å². The molecule has 1 unspecified atom stereocenters. The molecule has 10 heteroatoms. The van der Waals surface area contributed by atoms with E-state index < -0.39 is 29.3 Å². The van der Waals surface area contributed by atoms with Gasteiger partial charge in [0, 0.05) is 18.1 Å². The van der Waals surface area contributed by atoms with E-state index in [1.165, 1.54) is 17.4 Å². The van der Waals surface area contributed by atoms with E-state index in [1.807, 2.05) is 42.2 Å². The molecule has 0 spiro atoms. The third kappa shape index (κ3) is 5.75. The fourth-order valence-electron chi connectivity index (χ4n) is 4.26. The smallest absolute Gasteiger partial charge is 0.258 e. The fourth-order valence-corrected chi connectivity index (χ4v) is 5.29. The summed E-state index contributed by atoms with van der Waals surface area (Å²) in [5.74, 6) is -3.14. The van der Waals surface area contributed by atoms with E-state index in [1.54, 1.807) is 12.1 Å². The highest BCUT2D eigenvalue weighted by Crippen LogP contribution is 2.29. The summed E-state index contributed by atoms with van der Waals surface area (Å²) in [5.41, 5.74) is 1.84. The summed E-state index contributed by atoms with van der Waals surface area (Å²) in [4.78, 5) is 19.7. The standard InChI is InChI=1S/C27H24ClF2N3O3S/c1-16-3-2-4-17(13-16)26(33-9-11-35-12-10-33)32-27(34)24-19(29)6-7-21(25(24)30)36-15-23-31-20-14-18(28)5-8-22(20)37-23/h2-8,13-14,26H,9-12,15H2,1H3,(H,32,34). The number of fused-ring (bicyclic) bond motifs is 1. The molecule has 0 radical (unpaired) electrons. The second kappa shape index (κ2) is 11.1. The molecule has 0 saturated carbocycles. The molecule has 0 bridgehead atoms. The molecule has 6 nitrogen and oxygen atoms in total. The van der Waals surface area contributed by atoms with Crippen LogP contribution in [0.3, 0.4) is 0 Å². The third-order valence-electron chi connectivity index (χ3n) is 6.06. The lowest BCUT2D eigenvalue weighted by molar-refractivity contribution is 0.00836. The van der Waals surface area contributed by atoms with E-state index in [2.05, 4.69) is 10.3 Å². The van der Waals surface area contributed by atoms with Crippen molar-refractivity contribution in [1.82, 2.24) is 15.2 Å². The molecular formula is C27H24ClF2N3O3S. The van der Waals surface area contributed by atoms with Crippen LogP contribution < -0.4 is 10.1 Å². The van der Waals surface area contributed by atoms with E-state index in [0.717, 1.165) is 21.9 Å². The van der Waals surface area contributed by atoms with Gasteiger partial charge in [-0.05, 0) is 42.8 Å². The lowest BCUT2D eigenvalue weighted by Gasteiger charge is -2.35. The van der Waals surface area contributed by atoms with Gasteiger partial charge in [0.25, 0.3) is 5.91 Å². The van der Waals surface area contributed by atoms with Crippen molar-refractivity contribution >= 4 is 39.1 Å². The average Bonchev–Trinajstić information content (AvgIpc) is 3.29. The fraction of sp³-hybridized carbons (Fsp3) is 0.259. The number of amides is 1. The molecule has 192 valence electrons. The van der Waals surface area contributed by atoms with Crippen LogP contribution in [0.1, 0.15) is 32.7 Å². The zero-order valence-corrected chi connectivity index (χ0v) is 21.5. The number of carbonyl (C=O) groups excluding carboxylic acids is 1. The molecule has 1 aliphatic heterocycles. The molecule has 1 aromatic heterocycles. The summed E-state index contributed by atoms with van der Waals surface area (Å²) in [6.45, 7) is 4.05. The first kappa shape index (κ1) is 25.5. The Labute approximate surface area is 221 Å². The second-order valence-corrected chi connectivity index (χ2v) is 10.2. The van der Waals surface area contributed by atoms with Crippen molar-refractivity contribution in [1.29, 1.82) is 0 Å². The molecular weight excluding hydrogens is 520 g/mol. The number of aromatic nitrogens is 1. The lowest BCUT2D eigenvalue weighted by Crippen LogP contribution is -2.46. The number of hydrogen-bond acceptors (Lipinski definition) is 6. The number of benzene rings is 3. The number of thiazole rings is 1. The van der Waals surface area contributed by atoms with E-state index in [4.69, 9.17) is 21.1 Å². The van der Waals surface area contributed by atoms with Crippen LogP contribution >= 0.6 is 22.9 Å². The van der Waals surface area contributed by atoms with Crippen molar-refractivity contribution < 1.29 is 23.0 Å². The van der Waals surface area contributed by atoms with Crippen LogP contribution in [-0.4, -0.2) is 42.1 Å². The van der Waals surface area contributed by atoms with Gasteiger partial charge in [-0.2, -0.15) is 0 Å². The number of rotatable bonds is 7. The number of nitrogens with one attached hydrogen (secondary N) is 1. The number of nitrogens with zero attached hydrogens (tertiary/aromatic N) is 2. The Bertz CT molecular complexity index is 1440. The first-order valence-electron chi connectivity index (χ1n) is 11.7. The Balaban J connectivity index is 1.37. The highest BCUT2D eigenvalue weighted by atomic mass is 35.5. The predicted molar refractivity (Wildman–Crippen MR) is 139 cm³/mol. The highest BCUT2D eigenvalue weighted by molar-refractivity contribution is 7.18. The van der Waals surface area contributed by atoms with Crippen molar-refractivity contribution in [2.24, 2.45) is 0 Å². The molecule has 4 aromatic rings. The van der Waals surface area contributed by atoms with Gasteiger partial charge in [-0.25, -0.2) is 13.8 Å². The van der Waals surface area contributed by atoms with Gasteiger partial charge in [0.1, 0.15) is 29.2 Å². The normalized spacial score (nSPS) is 15.0. The average molecular weight is 544 g/mol. The minimum Gasteiger partial charge on any atom is -0.483 e. The summed E-state index contributed by atoms with van der Waals surface area (Å²) >= 11 is 7.40. The molecule has 5 rings (SSSR count). The molecule has 0 aliphatic carbocycles. The van der Waals surface area contributed by atoms with E-state index in [-0.39, 0.29) is 12.4 Å². The van der Waals surface area contributed by atoms with Gasteiger partial charge in [0.2, 0.25) is 0 Å². The van der Waals surface area contributed by atoms with Gasteiger partial charge >= 0.3 is 0 Å². The Hall–Kier alpha value is -3.11. The van der Waals surface area contributed by atoms with Crippen LogP contribution in [0.5, 0.6) is 5.75 Å². The van der Waals surface area contributed by atoms with Gasteiger partial charge in [-0.1, -0.05) is 41.4 Å².